The van der Waals surface area contributed by atoms with Gasteiger partial charge < -0.3 is 10.2 Å². The van der Waals surface area contributed by atoms with Gasteiger partial charge in [-0.25, -0.2) is 8.42 Å². The van der Waals surface area contributed by atoms with Gasteiger partial charge in [0.1, 0.15) is 10.3 Å². The van der Waals surface area contributed by atoms with E-state index in [1.807, 2.05) is 0 Å². The third-order valence-electron chi connectivity index (χ3n) is 2.92. The van der Waals surface area contributed by atoms with Crippen molar-refractivity contribution in [2.75, 3.05) is 6.54 Å². The van der Waals surface area contributed by atoms with Crippen LogP contribution in [0.1, 0.15) is 12.0 Å². The van der Waals surface area contributed by atoms with Crippen molar-refractivity contribution >= 4 is 38.9 Å². The zero-order chi connectivity index (χ0) is 14.4. The number of nitrogens with zero attached hydrogens (tertiary/aromatic N) is 1. The van der Waals surface area contributed by atoms with Crippen molar-refractivity contribution in [2.24, 2.45) is 0 Å². The Morgan fingerprint density at radius 1 is 1.58 bits per heavy atom. The molecule has 0 spiro atoms. The Bertz CT molecular complexity index is 592. The van der Waals surface area contributed by atoms with Crippen molar-refractivity contribution in [1.29, 1.82) is 0 Å². The van der Waals surface area contributed by atoms with Gasteiger partial charge in [0.05, 0.1) is 10.4 Å². The first kappa shape index (κ1) is 14.7. The molecule has 6 nitrogen and oxygen atoms in total. The number of hydrogen-bond acceptors (Lipinski definition) is 5. The lowest BCUT2D eigenvalue weighted by Crippen LogP contribution is -2.40. The third kappa shape index (κ3) is 2.63. The Morgan fingerprint density at radius 2 is 2.21 bits per heavy atom. The van der Waals surface area contributed by atoms with E-state index in [1.165, 1.54) is 6.07 Å². The summed E-state index contributed by atoms with van der Waals surface area (Å²) in [6, 6.07) is 0.174. The molecular weight excluding hydrogens is 314 g/mol. The molecule has 0 amide bonds. The number of sulfonamides is 1. The number of aliphatic carboxylic acids is 1. The highest BCUT2D eigenvalue weighted by Gasteiger charge is 2.44. The molecule has 0 aliphatic carbocycles. The number of hydrogen-bond donors (Lipinski definition) is 2. The zero-order valence-corrected chi connectivity index (χ0v) is 12.3. The van der Waals surface area contributed by atoms with Gasteiger partial charge in [-0.05, 0) is 18.6 Å². The van der Waals surface area contributed by atoms with Crippen molar-refractivity contribution in [3.63, 3.8) is 0 Å². The molecule has 1 aromatic rings. The minimum absolute atomic E-state index is 0.00431. The van der Waals surface area contributed by atoms with Gasteiger partial charge in [0.2, 0.25) is 0 Å². The fourth-order valence-electron chi connectivity index (χ4n) is 1.95. The average Bonchev–Trinajstić information content (AvgIpc) is 2.84. The van der Waals surface area contributed by atoms with E-state index in [9.17, 15) is 18.3 Å². The van der Waals surface area contributed by atoms with E-state index in [2.05, 4.69) is 0 Å². The van der Waals surface area contributed by atoms with Crippen LogP contribution in [0.2, 0.25) is 4.34 Å². The Labute approximate surface area is 119 Å². The first-order valence-corrected chi connectivity index (χ1v) is 8.05. The predicted octanol–water partition coefficient (Wildman–Crippen LogP) is 0.918. The van der Waals surface area contributed by atoms with E-state index < -0.39 is 28.1 Å². The molecule has 1 aliphatic rings. The van der Waals surface area contributed by atoms with E-state index >= 15 is 0 Å². The van der Waals surface area contributed by atoms with Gasteiger partial charge in [0.15, 0.2) is 0 Å². The summed E-state index contributed by atoms with van der Waals surface area (Å²) in [5, 5.41) is 18.5. The third-order valence-corrected chi connectivity index (χ3v) is 6.80. The average molecular weight is 326 g/mol. The van der Waals surface area contributed by atoms with Gasteiger partial charge in [-0.15, -0.1) is 11.3 Å². The number of aliphatic hydroxyl groups excluding tert-OH is 1. The van der Waals surface area contributed by atoms with E-state index in [-0.39, 0.29) is 17.2 Å². The number of carboxylic acids is 1. The molecule has 2 rings (SSSR count). The molecule has 1 fully saturated rings. The fraction of sp³-hybridized carbons (Fsp3) is 0.500. The molecule has 106 valence electrons. The SMILES string of the molecule is Cc1cc(S(=O)(=O)N2C[C@@H](O)C[C@H]2C(=O)O)sc1Cl. The highest BCUT2D eigenvalue weighted by molar-refractivity contribution is 7.91. The fourth-order valence-corrected chi connectivity index (χ4v) is 5.42. The highest BCUT2D eigenvalue weighted by Crippen LogP contribution is 2.34. The first-order valence-electron chi connectivity index (χ1n) is 5.42. The molecule has 1 saturated heterocycles. The van der Waals surface area contributed by atoms with Crippen molar-refractivity contribution in [2.45, 2.75) is 29.7 Å². The molecule has 2 N–H and O–H groups in total. The lowest BCUT2D eigenvalue weighted by atomic mass is 10.2. The summed E-state index contributed by atoms with van der Waals surface area (Å²) in [5.41, 5.74) is 0.622. The van der Waals surface area contributed by atoms with Crippen molar-refractivity contribution in [3.05, 3.63) is 16.0 Å². The molecule has 0 bridgehead atoms. The van der Waals surface area contributed by atoms with Gasteiger partial charge in [0, 0.05) is 13.0 Å². The lowest BCUT2D eigenvalue weighted by molar-refractivity contribution is -0.140. The molecule has 2 atom stereocenters. The van der Waals surface area contributed by atoms with Crippen LogP contribution < -0.4 is 0 Å². The number of thiophene rings is 1. The van der Waals surface area contributed by atoms with E-state index in [4.69, 9.17) is 16.7 Å². The van der Waals surface area contributed by atoms with Gasteiger partial charge in [-0.2, -0.15) is 4.31 Å². The Kier molecular flexibility index (Phi) is 3.90. The second-order valence-electron chi connectivity index (χ2n) is 4.34. The van der Waals surface area contributed by atoms with Crippen molar-refractivity contribution in [1.82, 2.24) is 4.31 Å². The molecule has 0 saturated carbocycles. The van der Waals surface area contributed by atoms with E-state index in [0.717, 1.165) is 15.6 Å². The molecule has 0 unspecified atom stereocenters. The monoisotopic (exact) mass is 325 g/mol. The van der Waals surface area contributed by atoms with E-state index in [0.29, 0.717) is 9.90 Å². The summed E-state index contributed by atoms with van der Waals surface area (Å²) >= 11 is 6.72. The molecule has 0 radical (unpaired) electrons. The maximum atomic E-state index is 12.4. The Hall–Kier alpha value is -0.670. The predicted molar refractivity (Wildman–Crippen MR) is 70.0 cm³/mol. The summed E-state index contributed by atoms with van der Waals surface area (Å²) < 4.78 is 25.9. The van der Waals surface area contributed by atoms with Crippen LogP contribution in [-0.2, 0) is 14.8 Å². The minimum Gasteiger partial charge on any atom is -0.480 e. The minimum atomic E-state index is -3.94. The molecule has 1 aromatic heterocycles. The summed E-state index contributed by atoms with van der Waals surface area (Å²) in [6.45, 7) is 1.46. The summed E-state index contributed by atoms with van der Waals surface area (Å²) in [4.78, 5) is 11.1. The van der Waals surface area contributed by atoms with Crippen molar-refractivity contribution in [3.8, 4) is 0 Å². The lowest BCUT2D eigenvalue weighted by Gasteiger charge is -2.19. The Balaban J connectivity index is 2.41. The van der Waals surface area contributed by atoms with Crippen LogP contribution in [0.4, 0.5) is 0 Å². The number of rotatable bonds is 3. The van der Waals surface area contributed by atoms with Gasteiger partial charge in [0.25, 0.3) is 10.0 Å². The normalized spacial score (nSPS) is 24.8. The number of aliphatic hydroxyl groups is 1. The van der Waals surface area contributed by atoms with Crippen LogP contribution in [0, 0.1) is 6.92 Å². The second kappa shape index (κ2) is 5.02. The maximum absolute atomic E-state index is 12.4. The number of halogens is 1. The molecule has 9 heteroatoms. The number of β-amino-alcohol motifs (C(OH)–C–C–N with tert-alkyl or cyclic N) is 1. The maximum Gasteiger partial charge on any atom is 0.322 e. The standard InChI is InChI=1S/C10H12ClNO5S2/c1-5-2-8(18-9(5)11)19(16,17)12-4-6(13)3-7(12)10(14)15/h2,6-7,13H,3-4H2,1H3,(H,14,15)/t6-,7-/m0/s1. The number of carbonyl (C=O) groups is 1. The highest BCUT2D eigenvalue weighted by atomic mass is 35.5. The summed E-state index contributed by atoms with van der Waals surface area (Å²) in [7, 11) is -3.94. The van der Waals surface area contributed by atoms with Crippen LogP contribution in [-0.4, -0.2) is 47.6 Å². The molecule has 0 aromatic carbocycles. The van der Waals surface area contributed by atoms with Crippen LogP contribution in [0.25, 0.3) is 0 Å². The van der Waals surface area contributed by atoms with Crippen LogP contribution in [0.15, 0.2) is 10.3 Å². The molecule has 19 heavy (non-hydrogen) atoms. The van der Waals surface area contributed by atoms with Crippen LogP contribution in [0.5, 0.6) is 0 Å². The summed E-state index contributed by atoms with van der Waals surface area (Å²) in [6.07, 6.45) is -1.07. The Morgan fingerprint density at radius 3 is 2.68 bits per heavy atom. The molecular formula is C10H12ClNO5S2. The molecule has 1 aliphatic heterocycles. The second-order valence-corrected chi connectivity index (χ2v) is 8.11. The van der Waals surface area contributed by atoms with E-state index in [1.54, 1.807) is 6.92 Å². The smallest absolute Gasteiger partial charge is 0.322 e. The van der Waals surface area contributed by atoms with Crippen LogP contribution in [0.3, 0.4) is 0 Å². The van der Waals surface area contributed by atoms with Gasteiger partial charge >= 0.3 is 5.97 Å². The van der Waals surface area contributed by atoms with Gasteiger partial charge in [-0.1, -0.05) is 11.6 Å². The first-order chi connectivity index (χ1) is 8.73. The number of carboxylic acid groups (broad SMARTS) is 1. The van der Waals surface area contributed by atoms with Crippen LogP contribution >= 0.6 is 22.9 Å². The van der Waals surface area contributed by atoms with Gasteiger partial charge in [-0.3, -0.25) is 4.79 Å². The molecule has 2 heterocycles. The topological polar surface area (TPSA) is 94.9 Å². The quantitative estimate of drug-likeness (QED) is 0.861. The summed E-state index contributed by atoms with van der Waals surface area (Å²) in [5.74, 6) is -1.26. The number of aryl methyl sites for hydroxylation is 1. The zero-order valence-electron chi connectivity index (χ0n) is 9.91. The largest absolute Gasteiger partial charge is 0.480 e. The van der Waals surface area contributed by atoms with Crippen molar-refractivity contribution < 1.29 is 23.4 Å².